The lowest BCUT2D eigenvalue weighted by molar-refractivity contribution is 0.0597. The molecule has 1 heterocycles. The third-order valence-electron chi connectivity index (χ3n) is 4.26. The minimum atomic E-state index is -0.211. The van der Waals surface area contributed by atoms with E-state index in [4.69, 9.17) is 0 Å². The monoisotopic (exact) mass is 294 g/mol. The predicted molar refractivity (Wildman–Crippen MR) is 83.7 cm³/mol. The fraction of sp³-hybridized carbons (Fsp3) is 0.647. The maximum atomic E-state index is 14.1. The molecule has 1 fully saturated rings. The summed E-state index contributed by atoms with van der Waals surface area (Å²) in [5, 5.41) is 13.2. The van der Waals surface area contributed by atoms with Gasteiger partial charge in [0.25, 0.3) is 0 Å². The van der Waals surface area contributed by atoms with Crippen LogP contribution in [0, 0.1) is 11.7 Å². The fourth-order valence-electron chi connectivity index (χ4n) is 3.27. The van der Waals surface area contributed by atoms with Crippen LogP contribution < -0.4 is 5.32 Å². The third kappa shape index (κ3) is 4.50. The molecule has 1 aliphatic rings. The summed E-state index contributed by atoms with van der Waals surface area (Å²) in [7, 11) is 0. The fourth-order valence-corrected chi connectivity index (χ4v) is 3.27. The second-order valence-electron chi connectivity index (χ2n) is 6.09. The van der Waals surface area contributed by atoms with Gasteiger partial charge in [0.2, 0.25) is 0 Å². The average molecular weight is 294 g/mol. The first-order chi connectivity index (χ1) is 10.1. The number of rotatable bonds is 6. The topological polar surface area (TPSA) is 35.5 Å². The second kappa shape index (κ2) is 7.87. The number of benzene rings is 1. The number of aliphatic hydroxyl groups is 1. The molecule has 21 heavy (non-hydrogen) atoms. The molecule has 1 aromatic rings. The number of nitrogens with one attached hydrogen (secondary N) is 1. The Balaban J connectivity index is 2.05. The summed E-state index contributed by atoms with van der Waals surface area (Å²) in [4.78, 5) is 2.30. The lowest BCUT2D eigenvalue weighted by Gasteiger charge is -2.35. The van der Waals surface area contributed by atoms with Gasteiger partial charge in [-0.2, -0.15) is 0 Å². The van der Waals surface area contributed by atoms with E-state index < -0.39 is 0 Å². The second-order valence-corrected chi connectivity index (χ2v) is 6.09. The smallest absolute Gasteiger partial charge is 0.127 e. The number of β-amino-alcohol motifs (C(OH)–C–C–N with tert-alkyl or cyclic N) is 1. The number of nitrogens with zero attached hydrogens (tertiary/aromatic N) is 1. The van der Waals surface area contributed by atoms with Gasteiger partial charge in [0.05, 0.1) is 6.10 Å². The van der Waals surface area contributed by atoms with Crippen molar-refractivity contribution in [2.75, 3.05) is 26.2 Å². The van der Waals surface area contributed by atoms with Crippen LogP contribution in [0.25, 0.3) is 0 Å². The molecule has 2 N–H and O–H groups in total. The standard InChI is InChI=1S/C17H27FN2O/c1-3-19-17(15-8-4-5-9-16(15)18)13(2)11-20-10-6-7-14(21)12-20/h4-5,8-9,13-14,17,19,21H,3,6-7,10-12H2,1-2H3. The van der Waals surface area contributed by atoms with E-state index in [1.807, 2.05) is 19.1 Å². The van der Waals surface area contributed by atoms with E-state index in [-0.39, 0.29) is 23.9 Å². The Bertz CT molecular complexity index is 441. The van der Waals surface area contributed by atoms with Crippen molar-refractivity contribution in [1.29, 1.82) is 0 Å². The molecule has 1 saturated heterocycles. The zero-order valence-corrected chi connectivity index (χ0v) is 13.1. The van der Waals surface area contributed by atoms with Crippen LogP contribution in [0.3, 0.4) is 0 Å². The van der Waals surface area contributed by atoms with E-state index in [0.717, 1.165) is 44.6 Å². The number of likely N-dealkylation sites (tertiary alicyclic amines) is 1. The van der Waals surface area contributed by atoms with Crippen LogP contribution >= 0.6 is 0 Å². The molecule has 0 aliphatic carbocycles. The molecule has 4 heteroatoms. The lowest BCUT2D eigenvalue weighted by Crippen LogP contribution is -2.43. The van der Waals surface area contributed by atoms with E-state index >= 15 is 0 Å². The first-order valence-corrected chi connectivity index (χ1v) is 8.00. The highest BCUT2D eigenvalue weighted by Crippen LogP contribution is 2.26. The summed E-state index contributed by atoms with van der Waals surface area (Å²) in [6.45, 7) is 7.65. The summed E-state index contributed by atoms with van der Waals surface area (Å²) in [5.74, 6) is 0.140. The lowest BCUT2D eigenvalue weighted by atomic mass is 9.92. The number of halogens is 1. The first-order valence-electron chi connectivity index (χ1n) is 8.00. The molecule has 0 amide bonds. The van der Waals surface area contributed by atoms with Gasteiger partial charge in [0.1, 0.15) is 5.82 Å². The molecule has 118 valence electrons. The van der Waals surface area contributed by atoms with Crippen LogP contribution in [0.2, 0.25) is 0 Å². The van der Waals surface area contributed by atoms with Crippen molar-refractivity contribution in [2.24, 2.45) is 5.92 Å². The van der Waals surface area contributed by atoms with Crippen molar-refractivity contribution in [1.82, 2.24) is 10.2 Å². The largest absolute Gasteiger partial charge is 0.392 e. The molecule has 2 rings (SSSR count). The summed E-state index contributed by atoms with van der Waals surface area (Å²) in [6, 6.07) is 7.02. The summed E-state index contributed by atoms with van der Waals surface area (Å²) in [5.41, 5.74) is 0.740. The van der Waals surface area contributed by atoms with E-state index in [1.54, 1.807) is 6.07 Å². The molecule has 0 spiro atoms. The van der Waals surface area contributed by atoms with Crippen LogP contribution in [-0.4, -0.2) is 42.3 Å². The van der Waals surface area contributed by atoms with Gasteiger partial charge in [0, 0.05) is 24.7 Å². The average Bonchev–Trinajstić information content (AvgIpc) is 2.45. The molecule has 0 bridgehead atoms. The normalized spacial score (nSPS) is 23.0. The van der Waals surface area contributed by atoms with Crippen molar-refractivity contribution in [2.45, 2.75) is 38.8 Å². The SMILES string of the molecule is CCNC(c1ccccc1F)C(C)CN1CCCC(O)C1. The predicted octanol–water partition coefficient (Wildman–Crippen LogP) is 2.57. The van der Waals surface area contributed by atoms with Gasteiger partial charge in [-0.05, 0) is 37.9 Å². The molecule has 0 radical (unpaired) electrons. The number of piperidine rings is 1. The Labute approximate surface area is 127 Å². The van der Waals surface area contributed by atoms with Crippen LogP contribution in [0.5, 0.6) is 0 Å². The molecule has 0 aromatic heterocycles. The van der Waals surface area contributed by atoms with Crippen LogP contribution in [0.1, 0.15) is 38.3 Å². The summed E-state index contributed by atoms with van der Waals surface area (Å²) >= 11 is 0. The molecule has 3 atom stereocenters. The summed E-state index contributed by atoms with van der Waals surface area (Å²) in [6.07, 6.45) is 1.73. The van der Waals surface area contributed by atoms with Crippen LogP contribution in [-0.2, 0) is 0 Å². The van der Waals surface area contributed by atoms with Gasteiger partial charge < -0.3 is 15.3 Å². The highest BCUT2D eigenvalue weighted by Gasteiger charge is 2.25. The summed E-state index contributed by atoms with van der Waals surface area (Å²) < 4.78 is 14.1. The number of hydrogen-bond acceptors (Lipinski definition) is 3. The van der Waals surface area contributed by atoms with E-state index in [2.05, 4.69) is 17.1 Å². The Morgan fingerprint density at radius 3 is 2.86 bits per heavy atom. The third-order valence-corrected chi connectivity index (χ3v) is 4.26. The van der Waals surface area contributed by atoms with Gasteiger partial charge in [-0.25, -0.2) is 4.39 Å². The molecular weight excluding hydrogens is 267 g/mol. The molecule has 3 unspecified atom stereocenters. The van der Waals surface area contributed by atoms with Gasteiger partial charge in [-0.3, -0.25) is 0 Å². The van der Waals surface area contributed by atoms with E-state index in [9.17, 15) is 9.50 Å². The highest BCUT2D eigenvalue weighted by molar-refractivity contribution is 5.22. The van der Waals surface area contributed by atoms with Crippen molar-refractivity contribution in [3.05, 3.63) is 35.6 Å². The molecule has 1 aromatic carbocycles. The Morgan fingerprint density at radius 2 is 2.19 bits per heavy atom. The highest BCUT2D eigenvalue weighted by atomic mass is 19.1. The molecule has 1 aliphatic heterocycles. The van der Waals surface area contributed by atoms with Crippen molar-refractivity contribution >= 4 is 0 Å². The van der Waals surface area contributed by atoms with E-state index in [1.165, 1.54) is 6.07 Å². The van der Waals surface area contributed by atoms with Gasteiger partial charge >= 0.3 is 0 Å². The number of aliphatic hydroxyl groups excluding tert-OH is 1. The first kappa shape index (κ1) is 16.4. The number of hydrogen-bond donors (Lipinski definition) is 2. The molecule has 3 nitrogen and oxygen atoms in total. The minimum Gasteiger partial charge on any atom is -0.392 e. The van der Waals surface area contributed by atoms with Gasteiger partial charge in [-0.1, -0.05) is 32.0 Å². The quantitative estimate of drug-likeness (QED) is 0.846. The Hall–Kier alpha value is -0.970. The maximum Gasteiger partial charge on any atom is 0.127 e. The van der Waals surface area contributed by atoms with Crippen LogP contribution in [0.4, 0.5) is 4.39 Å². The van der Waals surface area contributed by atoms with Gasteiger partial charge in [-0.15, -0.1) is 0 Å². The molecule has 0 saturated carbocycles. The zero-order valence-electron chi connectivity index (χ0n) is 13.1. The van der Waals surface area contributed by atoms with E-state index in [0.29, 0.717) is 0 Å². The zero-order chi connectivity index (χ0) is 15.2. The van der Waals surface area contributed by atoms with Gasteiger partial charge in [0.15, 0.2) is 0 Å². The Morgan fingerprint density at radius 1 is 1.43 bits per heavy atom. The maximum absolute atomic E-state index is 14.1. The van der Waals surface area contributed by atoms with Crippen molar-refractivity contribution in [3.8, 4) is 0 Å². The van der Waals surface area contributed by atoms with Crippen molar-refractivity contribution < 1.29 is 9.50 Å². The minimum absolute atomic E-state index is 0.00951. The van der Waals surface area contributed by atoms with Crippen molar-refractivity contribution in [3.63, 3.8) is 0 Å². The van der Waals surface area contributed by atoms with Crippen LogP contribution in [0.15, 0.2) is 24.3 Å². The Kier molecular flexibility index (Phi) is 6.15. The molecular formula is C17H27FN2O.